The zero-order chi connectivity index (χ0) is 12.8. The van der Waals surface area contributed by atoms with Gasteiger partial charge in [-0.25, -0.2) is 13.1 Å². The van der Waals surface area contributed by atoms with Crippen molar-refractivity contribution in [3.05, 3.63) is 0 Å². The number of amides is 1. The molecule has 0 rings (SSSR count). The normalized spacial score (nSPS) is 13.8. The molecule has 0 fully saturated rings. The second-order valence-electron chi connectivity index (χ2n) is 4.11. The van der Waals surface area contributed by atoms with Crippen LogP contribution < -0.4 is 10.0 Å². The van der Waals surface area contributed by atoms with Gasteiger partial charge < -0.3 is 5.32 Å². The van der Waals surface area contributed by atoms with Gasteiger partial charge in [0.1, 0.15) is 0 Å². The molecule has 0 radical (unpaired) electrons. The summed E-state index contributed by atoms with van der Waals surface area (Å²) in [5.74, 6) is -0.124. The molecule has 6 heteroatoms. The summed E-state index contributed by atoms with van der Waals surface area (Å²) < 4.78 is 25.1. The van der Waals surface area contributed by atoms with Crippen LogP contribution >= 0.6 is 0 Å². The smallest absolute Gasteiger partial charge is 0.221 e. The molecule has 1 atom stereocenters. The van der Waals surface area contributed by atoms with Crippen molar-refractivity contribution in [1.29, 1.82) is 0 Å². The summed E-state index contributed by atoms with van der Waals surface area (Å²) in [5.41, 5.74) is 0. The minimum Gasteiger partial charge on any atom is -0.354 e. The van der Waals surface area contributed by atoms with Crippen molar-refractivity contribution in [3.8, 4) is 0 Å². The minimum absolute atomic E-state index is 0.124. The maximum absolute atomic E-state index is 11.3. The molecule has 5 nitrogen and oxygen atoms in total. The van der Waals surface area contributed by atoms with E-state index in [0.717, 1.165) is 6.42 Å². The zero-order valence-corrected chi connectivity index (χ0v) is 11.2. The van der Waals surface area contributed by atoms with E-state index >= 15 is 0 Å². The Hall–Kier alpha value is -0.620. The van der Waals surface area contributed by atoms with Gasteiger partial charge in [0.15, 0.2) is 0 Å². The summed E-state index contributed by atoms with van der Waals surface area (Å²) in [5, 5.41) is 2.30. The molecule has 0 aromatic rings. The fourth-order valence-corrected chi connectivity index (χ4v) is 1.64. The molecule has 0 spiro atoms. The maximum Gasteiger partial charge on any atom is 0.221 e. The Labute approximate surface area is 98.0 Å². The van der Waals surface area contributed by atoms with Crippen LogP contribution in [0.5, 0.6) is 0 Å². The van der Waals surface area contributed by atoms with Crippen molar-refractivity contribution >= 4 is 15.9 Å². The van der Waals surface area contributed by atoms with E-state index in [-0.39, 0.29) is 24.9 Å². The lowest BCUT2D eigenvalue weighted by Crippen LogP contribution is -2.37. The van der Waals surface area contributed by atoms with Gasteiger partial charge in [-0.3, -0.25) is 4.79 Å². The predicted octanol–water partition coefficient (Wildman–Crippen LogP) is 0.619. The van der Waals surface area contributed by atoms with Gasteiger partial charge in [0.05, 0.1) is 5.25 Å². The highest BCUT2D eigenvalue weighted by Crippen LogP contribution is 1.96. The summed E-state index contributed by atoms with van der Waals surface area (Å²) in [6.45, 7) is 7.24. The van der Waals surface area contributed by atoms with Crippen LogP contribution in [0.2, 0.25) is 0 Å². The number of carbonyl (C=O) groups is 1. The van der Waals surface area contributed by atoms with Crippen LogP contribution in [0.1, 0.15) is 40.5 Å². The van der Waals surface area contributed by atoms with Crippen molar-refractivity contribution in [2.75, 3.05) is 6.54 Å². The van der Waals surface area contributed by atoms with Gasteiger partial charge in [-0.05, 0) is 27.2 Å². The molecule has 0 aliphatic rings. The number of nitrogens with one attached hydrogen (secondary N) is 2. The largest absolute Gasteiger partial charge is 0.354 e. The van der Waals surface area contributed by atoms with Gasteiger partial charge in [0.2, 0.25) is 15.9 Å². The van der Waals surface area contributed by atoms with E-state index in [4.69, 9.17) is 0 Å². The molecule has 1 amide bonds. The van der Waals surface area contributed by atoms with E-state index < -0.39 is 15.3 Å². The predicted molar refractivity (Wildman–Crippen MR) is 64.6 cm³/mol. The van der Waals surface area contributed by atoms with Gasteiger partial charge in [-0.2, -0.15) is 0 Å². The molecule has 0 saturated heterocycles. The molecule has 1 unspecified atom stereocenters. The van der Waals surface area contributed by atoms with Gasteiger partial charge in [0, 0.05) is 19.0 Å². The van der Waals surface area contributed by atoms with Crippen LogP contribution in [0.3, 0.4) is 0 Å². The Balaban J connectivity index is 3.87. The molecule has 0 heterocycles. The first-order chi connectivity index (χ1) is 7.29. The van der Waals surface area contributed by atoms with E-state index in [1.165, 1.54) is 0 Å². The van der Waals surface area contributed by atoms with Gasteiger partial charge in [0.25, 0.3) is 0 Å². The van der Waals surface area contributed by atoms with Crippen LogP contribution in [0, 0.1) is 0 Å². The van der Waals surface area contributed by atoms with Crippen molar-refractivity contribution in [1.82, 2.24) is 10.0 Å². The highest BCUT2D eigenvalue weighted by atomic mass is 32.2. The molecule has 0 aliphatic heterocycles. The summed E-state index contributed by atoms with van der Waals surface area (Å²) in [6, 6.07) is 0.134. The van der Waals surface area contributed by atoms with Gasteiger partial charge in [-0.15, -0.1) is 0 Å². The highest BCUT2D eigenvalue weighted by Gasteiger charge is 2.15. The van der Waals surface area contributed by atoms with Crippen LogP contribution in [-0.4, -0.2) is 32.2 Å². The lowest BCUT2D eigenvalue weighted by atomic mass is 10.2. The van der Waals surface area contributed by atoms with Crippen LogP contribution in [-0.2, 0) is 14.8 Å². The lowest BCUT2D eigenvalue weighted by molar-refractivity contribution is -0.121. The third-order valence-electron chi connectivity index (χ3n) is 2.30. The molecule has 0 aromatic heterocycles. The fraction of sp³-hybridized carbons (Fsp3) is 0.900. The van der Waals surface area contributed by atoms with Crippen LogP contribution in [0.4, 0.5) is 0 Å². The average Bonchev–Trinajstić information content (AvgIpc) is 2.16. The molecule has 96 valence electrons. The molecule has 0 saturated carbocycles. The molecule has 16 heavy (non-hydrogen) atoms. The topological polar surface area (TPSA) is 75.3 Å². The summed E-state index contributed by atoms with van der Waals surface area (Å²) in [4.78, 5) is 11.3. The molecule has 0 aromatic carbocycles. The molecule has 0 aliphatic carbocycles. The van der Waals surface area contributed by atoms with E-state index in [0.29, 0.717) is 0 Å². The summed E-state index contributed by atoms with van der Waals surface area (Å²) >= 11 is 0. The fourth-order valence-electron chi connectivity index (χ4n) is 0.923. The van der Waals surface area contributed by atoms with E-state index in [9.17, 15) is 13.2 Å². The second kappa shape index (κ2) is 6.85. The van der Waals surface area contributed by atoms with Crippen molar-refractivity contribution < 1.29 is 13.2 Å². The Kier molecular flexibility index (Phi) is 6.59. The summed E-state index contributed by atoms with van der Waals surface area (Å²) in [7, 11) is -3.26. The Morgan fingerprint density at radius 1 is 1.25 bits per heavy atom. The first-order valence-electron chi connectivity index (χ1n) is 5.57. The monoisotopic (exact) mass is 250 g/mol. The molecular weight excluding hydrogens is 228 g/mol. The standard InChI is InChI=1S/C10H22N2O3S/c1-5-9(4)12-10(13)6-7-11-16(14,15)8(2)3/h8-9,11H,5-7H2,1-4H3,(H,12,13). The summed E-state index contributed by atoms with van der Waals surface area (Å²) in [6.07, 6.45) is 1.04. The quantitative estimate of drug-likeness (QED) is 0.695. The SMILES string of the molecule is CCC(C)NC(=O)CCNS(=O)(=O)C(C)C. The third kappa shape index (κ3) is 6.07. The minimum atomic E-state index is -3.26. The van der Waals surface area contributed by atoms with Crippen LogP contribution in [0.15, 0.2) is 0 Å². The third-order valence-corrected chi connectivity index (χ3v) is 4.14. The molecule has 2 N–H and O–H groups in total. The lowest BCUT2D eigenvalue weighted by Gasteiger charge is -2.12. The molecule has 0 bridgehead atoms. The van der Waals surface area contributed by atoms with Crippen molar-refractivity contribution in [2.45, 2.75) is 51.8 Å². The number of sulfonamides is 1. The number of carbonyl (C=O) groups excluding carboxylic acids is 1. The highest BCUT2D eigenvalue weighted by molar-refractivity contribution is 7.90. The number of hydrogen-bond acceptors (Lipinski definition) is 3. The number of rotatable bonds is 7. The number of hydrogen-bond donors (Lipinski definition) is 2. The second-order valence-corrected chi connectivity index (χ2v) is 6.44. The van der Waals surface area contributed by atoms with Gasteiger partial charge in [-0.1, -0.05) is 6.92 Å². The van der Waals surface area contributed by atoms with E-state index in [1.54, 1.807) is 13.8 Å². The molecular formula is C10H22N2O3S. The maximum atomic E-state index is 11.3. The first kappa shape index (κ1) is 15.4. The van der Waals surface area contributed by atoms with E-state index in [2.05, 4.69) is 10.0 Å². The van der Waals surface area contributed by atoms with Crippen molar-refractivity contribution in [3.63, 3.8) is 0 Å². The zero-order valence-electron chi connectivity index (χ0n) is 10.4. The first-order valence-corrected chi connectivity index (χ1v) is 7.12. The Morgan fingerprint density at radius 2 is 1.81 bits per heavy atom. The Bertz CT molecular complexity index is 312. The van der Waals surface area contributed by atoms with Crippen LogP contribution in [0.25, 0.3) is 0 Å². The van der Waals surface area contributed by atoms with E-state index in [1.807, 2.05) is 13.8 Å². The van der Waals surface area contributed by atoms with Crippen molar-refractivity contribution in [2.24, 2.45) is 0 Å². The van der Waals surface area contributed by atoms with Gasteiger partial charge >= 0.3 is 0 Å². The average molecular weight is 250 g/mol. The Morgan fingerprint density at radius 3 is 2.25 bits per heavy atom.